The number of guanidine groups is 1. The molecule has 1 atom stereocenters. The number of nitrogens with one attached hydrogen (secondary N) is 2. The smallest absolute Gasteiger partial charge is 0.192 e. The summed E-state index contributed by atoms with van der Waals surface area (Å²) in [6.07, 6.45) is 0. The molecule has 1 heterocycles. The first-order valence-electron chi connectivity index (χ1n) is 9.56. The van der Waals surface area contributed by atoms with Crippen molar-refractivity contribution in [3.63, 3.8) is 0 Å². The van der Waals surface area contributed by atoms with Crippen LogP contribution in [0.1, 0.15) is 56.7 Å². The number of aliphatic imine (C=N–C) groups is 1. The van der Waals surface area contributed by atoms with Crippen molar-refractivity contribution >= 4 is 16.7 Å². The van der Waals surface area contributed by atoms with Crippen LogP contribution in [-0.4, -0.2) is 17.7 Å². The van der Waals surface area contributed by atoms with Gasteiger partial charge in [0.15, 0.2) is 11.7 Å². The highest BCUT2D eigenvalue weighted by Gasteiger charge is 2.12. The van der Waals surface area contributed by atoms with Gasteiger partial charge >= 0.3 is 0 Å². The van der Waals surface area contributed by atoms with Crippen LogP contribution < -0.4 is 10.6 Å². The van der Waals surface area contributed by atoms with Crippen LogP contribution >= 0.6 is 0 Å². The Kier molecular flexibility index (Phi) is 6.12. The van der Waals surface area contributed by atoms with Crippen LogP contribution in [0.3, 0.4) is 0 Å². The maximum atomic E-state index is 5.39. The molecule has 27 heavy (non-hydrogen) atoms. The predicted octanol–water partition coefficient (Wildman–Crippen LogP) is 4.77. The Morgan fingerprint density at radius 2 is 1.89 bits per heavy atom. The van der Waals surface area contributed by atoms with Crippen molar-refractivity contribution in [1.82, 2.24) is 15.8 Å². The van der Waals surface area contributed by atoms with Crippen LogP contribution in [0, 0.1) is 0 Å². The van der Waals surface area contributed by atoms with Crippen LogP contribution in [0.15, 0.2) is 58.0 Å². The van der Waals surface area contributed by atoms with Gasteiger partial charge in [0.1, 0.15) is 6.54 Å². The van der Waals surface area contributed by atoms with Gasteiger partial charge in [0, 0.05) is 12.6 Å². The molecule has 2 N–H and O–H groups in total. The molecule has 1 unspecified atom stereocenters. The highest BCUT2D eigenvalue weighted by atomic mass is 16.5. The molecule has 142 valence electrons. The zero-order valence-corrected chi connectivity index (χ0v) is 16.5. The molecular weight excluding hydrogens is 336 g/mol. The van der Waals surface area contributed by atoms with Crippen molar-refractivity contribution in [3.05, 3.63) is 65.5 Å². The number of hydrogen-bond acceptors (Lipinski definition) is 3. The number of hydrogen-bond donors (Lipinski definition) is 2. The molecule has 2 aromatic carbocycles. The molecule has 0 fully saturated rings. The third kappa shape index (κ3) is 4.67. The highest BCUT2D eigenvalue weighted by Crippen LogP contribution is 2.24. The Hall–Kier alpha value is -2.82. The average Bonchev–Trinajstić information content (AvgIpc) is 3.15. The number of benzene rings is 2. The quantitative estimate of drug-likeness (QED) is 0.489. The zero-order valence-electron chi connectivity index (χ0n) is 16.5. The third-order valence-electron chi connectivity index (χ3n) is 4.55. The summed E-state index contributed by atoms with van der Waals surface area (Å²) in [5, 5.41) is 13.4. The summed E-state index contributed by atoms with van der Waals surface area (Å²) in [5.41, 5.74) is 2.21. The van der Waals surface area contributed by atoms with E-state index in [1.165, 1.54) is 16.3 Å². The summed E-state index contributed by atoms with van der Waals surface area (Å²) in [6.45, 7) is 9.66. The average molecular weight is 364 g/mol. The lowest BCUT2D eigenvalue weighted by molar-refractivity contribution is 0.376. The summed E-state index contributed by atoms with van der Waals surface area (Å²) in [5.74, 6) is 1.89. The van der Waals surface area contributed by atoms with E-state index in [0.717, 1.165) is 24.0 Å². The molecule has 0 aliphatic carbocycles. The van der Waals surface area contributed by atoms with E-state index < -0.39 is 0 Å². The summed E-state index contributed by atoms with van der Waals surface area (Å²) in [7, 11) is 0. The molecule has 5 heteroatoms. The maximum absolute atomic E-state index is 5.39. The van der Waals surface area contributed by atoms with Gasteiger partial charge in [-0.15, -0.1) is 0 Å². The van der Waals surface area contributed by atoms with Crippen molar-refractivity contribution in [3.8, 4) is 0 Å². The minimum atomic E-state index is 0.120. The first-order chi connectivity index (χ1) is 13.1. The number of aromatic nitrogens is 1. The lowest BCUT2D eigenvalue weighted by Crippen LogP contribution is -2.38. The minimum Gasteiger partial charge on any atom is -0.359 e. The summed E-state index contributed by atoms with van der Waals surface area (Å²) in [6, 6.07) is 16.9. The number of nitrogens with zero attached hydrogens (tertiary/aromatic N) is 2. The van der Waals surface area contributed by atoms with Gasteiger partial charge < -0.3 is 15.2 Å². The fourth-order valence-electron chi connectivity index (χ4n) is 3.06. The van der Waals surface area contributed by atoms with Crippen molar-refractivity contribution in [2.24, 2.45) is 4.99 Å². The highest BCUT2D eigenvalue weighted by molar-refractivity contribution is 5.87. The van der Waals surface area contributed by atoms with Gasteiger partial charge in [-0.2, -0.15) is 0 Å². The largest absolute Gasteiger partial charge is 0.359 e. The van der Waals surface area contributed by atoms with Gasteiger partial charge in [-0.3, -0.25) is 0 Å². The van der Waals surface area contributed by atoms with Crippen LogP contribution in [0.5, 0.6) is 0 Å². The van der Waals surface area contributed by atoms with Crippen molar-refractivity contribution in [1.29, 1.82) is 0 Å². The molecule has 0 bridgehead atoms. The summed E-state index contributed by atoms with van der Waals surface area (Å²) in [4.78, 5) is 4.66. The molecule has 0 saturated carbocycles. The molecule has 0 saturated heterocycles. The standard InChI is InChI=1S/C22H28N4O/c1-5-23-22(24-14-18-13-21(15(2)3)26-27-18)25-16(4)19-12-8-10-17-9-6-7-11-20(17)19/h6-13,15-16H,5,14H2,1-4H3,(H2,23,24,25). The topological polar surface area (TPSA) is 62.5 Å². The zero-order chi connectivity index (χ0) is 19.2. The Morgan fingerprint density at radius 3 is 2.63 bits per heavy atom. The summed E-state index contributed by atoms with van der Waals surface area (Å²) < 4.78 is 5.39. The maximum Gasteiger partial charge on any atom is 0.192 e. The Labute approximate surface area is 160 Å². The third-order valence-corrected chi connectivity index (χ3v) is 4.55. The number of fused-ring (bicyclic) bond motifs is 1. The normalized spacial score (nSPS) is 13.1. The second-order valence-electron chi connectivity index (χ2n) is 7.00. The molecule has 1 aromatic heterocycles. The SMILES string of the molecule is CCNC(=NCc1cc(C(C)C)no1)NC(C)c1cccc2ccccc12. The Morgan fingerprint density at radius 1 is 1.11 bits per heavy atom. The van der Waals surface area contributed by atoms with E-state index in [1.807, 2.05) is 6.07 Å². The molecule has 0 aliphatic heterocycles. The first-order valence-corrected chi connectivity index (χ1v) is 9.56. The molecule has 0 radical (unpaired) electrons. The van der Waals surface area contributed by atoms with E-state index in [9.17, 15) is 0 Å². The van der Waals surface area contributed by atoms with Gasteiger partial charge in [-0.1, -0.05) is 61.5 Å². The van der Waals surface area contributed by atoms with Gasteiger partial charge in [-0.05, 0) is 36.1 Å². The van der Waals surface area contributed by atoms with Gasteiger partial charge in [0.2, 0.25) is 0 Å². The monoisotopic (exact) mass is 364 g/mol. The molecule has 3 aromatic rings. The van der Waals surface area contributed by atoms with Crippen molar-refractivity contribution in [2.45, 2.75) is 46.2 Å². The lowest BCUT2D eigenvalue weighted by atomic mass is 10.00. The Balaban J connectivity index is 1.76. The van der Waals surface area contributed by atoms with Crippen molar-refractivity contribution < 1.29 is 4.52 Å². The van der Waals surface area contributed by atoms with Crippen LogP contribution in [0.4, 0.5) is 0 Å². The molecule has 3 rings (SSSR count). The van der Waals surface area contributed by atoms with Crippen LogP contribution in [0.2, 0.25) is 0 Å². The van der Waals surface area contributed by atoms with E-state index in [1.54, 1.807) is 0 Å². The van der Waals surface area contributed by atoms with Crippen molar-refractivity contribution in [2.75, 3.05) is 6.54 Å². The minimum absolute atomic E-state index is 0.120. The van der Waals surface area contributed by atoms with Crippen LogP contribution in [0.25, 0.3) is 10.8 Å². The molecule has 0 spiro atoms. The summed E-state index contributed by atoms with van der Waals surface area (Å²) >= 11 is 0. The predicted molar refractivity (Wildman–Crippen MR) is 111 cm³/mol. The second kappa shape index (κ2) is 8.71. The Bertz CT molecular complexity index is 908. The van der Waals surface area contributed by atoms with E-state index in [-0.39, 0.29) is 6.04 Å². The first kappa shape index (κ1) is 19.0. The fourth-order valence-corrected chi connectivity index (χ4v) is 3.06. The van der Waals surface area contributed by atoms with E-state index in [0.29, 0.717) is 12.5 Å². The number of rotatable bonds is 6. The molecule has 5 nitrogen and oxygen atoms in total. The van der Waals surface area contributed by atoms with Gasteiger partial charge in [-0.25, -0.2) is 4.99 Å². The second-order valence-corrected chi connectivity index (χ2v) is 7.00. The van der Waals surface area contributed by atoms with Crippen LogP contribution in [-0.2, 0) is 6.54 Å². The fraction of sp³-hybridized carbons (Fsp3) is 0.364. The molecular formula is C22H28N4O. The van der Waals surface area contributed by atoms with E-state index in [4.69, 9.17) is 4.52 Å². The van der Waals surface area contributed by atoms with E-state index in [2.05, 4.69) is 90.9 Å². The van der Waals surface area contributed by atoms with Gasteiger partial charge in [0.25, 0.3) is 0 Å². The van der Waals surface area contributed by atoms with Gasteiger partial charge in [0.05, 0.1) is 11.7 Å². The van der Waals surface area contributed by atoms with E-state index >= 15 is 0 Å². The molecule has 0 amide bonds. The lowest BCUT2D eigenvalue weighted by Gasteiger charge is -2.19. The molecule has 0 aliphatic rings.